The minimum Gasteiger partial charge on any atom is -0.381 e. The molecule has 0 aromatic carbocycles. The lowest BCUT2D eigenvalue weighted by atomic mass is 9.92. The molecule has 1 saturated carbocycles. The molecule has 2 fully saturated rings. The first kappa shape index (κ1) is 10.7. The molecule has 0 spiro atoms. The molecule has 2 aliphatic rings. The van der Waals surface area contributed by atoms with Crippen LogP contribution in [-0.4, -0.2) is 24.4 Å². The van der Waals surface area contributed by atoms with Crippen molar-refractivity contribution in [2.75, 3.05) is 7.11 Å². The summed E-state index contributed by atoms with van der Waals surface area (Å²) >= 11 is 1.03. The number of methoxy groups -OCH3 is 1. The summed E-state index contributed by atoms with van der Waals surface area (Å²) in [6.45, 7) is 0. The summed E-state index contributed by atoms with van der Waals surface area (Å²) in [7, 11) is 1.71. The summed E-state index contributed by atoms with van der Waals surface area (Å²) in [5, 5.41) is 2.03. The lowest BCUT2D eigenvalue weighted by Gasteiger charge is -2.23. The largest absolute Gasteiger partial charge is 0.381 e. The zero-order chi connectivity index (χ0) is 10.8. The third-order valence-electron chi connectivity index (χ3n) is 2.81. The van der Waals surface area contributed by atoms with Crippen molar-refractivity contribution in [3.8, 4) is 0 Å². The molecule has 0 aromatic rings. The van der Waals surface area contributed by atoms with Gasteiger partial charge in [0.25, 0.3) is 11.1 Å². The van der Waals surface area contributed by atoms with Crippen molar-refractivity contribution in [1.82, 2.24) is 5.32 Å². The van der Waals surface area contributed by atoms with Crippen molar-refractivity contribution in [2.24, 2.45) is 0 Å². The van der Waals surface area contributed by atoms with Crippen molar-refractivity contribution in [1.29, 1.82) is 0 Å². The number of ether oxygens (including phenoxy) is 1. The van der Waals surface area contributed by atoms with Gasteiger partial charge in [0.15, 0.2) is 0 Å². The van der Waals surface area contributed by atoms with E-state index in [9.17, 15) is 9.59 Å². The number of amides is 2. The highest BCUT2D eigenvalue weighted by molar-refractivity contribution is 8.18. The first-order chi connectivity index (χ1) is 7.20. The zero-order valence-electron chi connectivity index (χ0n) is 8.54. The number of carbonyl (C=O) groups is 2. The smallest absolute Gasteiger partial charge is 0.290 e. The highest BCUT2D eigenvalue weighted by atomic mass is 32.2. The summed E-state index contributed by atoms with van der Waals surface area (Å²) in [6.07, 6.45) is 3.91. The summed E-state index contributed by atoms with van der Waals surface area (Å²) < 4.78 is 5.25. The Morgan fingerprint density at radius 2 is 2.00 bits per heavy atom. The number of allylic oxidation sites excluding steroid dienone is 1. The summed E-state index contributed by atoms with van der Waals surface area (Å²) in [5.41, 5.74) is 1.11. The molecule has 0 bridgehead atoms. The maximum absolute atomic E-state index is 11.4. The monoisotopic (exact) mass is 227 g/mol. The highest BCUT2D eigenvalue weighted by Crippen LogP contribution is 2.34. The Kier molecular flexibility index (Phi) is 3.11. The highest BCUT2D eigenvalue weighted by Gasteiger charge is 2.30. The van der Waals surface area contributed by atoms with Crippen LogP contribution in [0.5, 0.6) is 0 Å². The normalized spacial score (nSPS) is 27.1. The van der Waals surface area contributed by atoms with E-state index in [1.54, 1.807) is 7.11 Å². The molecule has 82 valence electrons. The summed E-state index contributed by atoms with van der Waals surface area (Å²) in [4.78, 5) is 23.0. The van der Waals surface area contributed by atoms with E-state index < -0.39 is 0 Å². The van der Waals surface area contributed by atoms with E-state index in [0.29, 0.717) is 11.0 Å². The van der Waals surface area contributed by atoms with E-state index in [4.69, 9.17) is 4.74 Å². The summed E-state index contributed by atoms with van der Waals surface area (Å²) in [6, 6.07) is 0. The lowest BCUT2D eigenvalue weighted by Crippen LogP contribution is -2.20. The second kappa shape index (κ2) is 4.37. The third-order valence-corrected chi connectivity index (χ3v) is 3.77. The molecule has 1 heterocycles. The van der Waals surface area contributed by atoms with Gasteiger partial charge < -0.3 is 4.74 Å². The molecule has 4 nitrogen and oxygen atoms in total. The Balaban J connectivity index is 2.08. The minimum atomic E-state index is -0.253. The molecule has 5 heteroatoms. The number of rotatable bonds is 1. The molecule has 1 saturated heterocycles. The average Bonchev–Trinajstić information content (AvgIpc) is 2.58. The van der Waals surface area contributed by atoms with Crippen LogP contribution in [0.25, 0.3) is 0 Å². The molecule has 1 aliphatic carbocycles. The number of hydrogen-bond acceptors (Lipinski definition) is 4. The van der Waals surface area contributed by atoms with Crippen LogP contribution in [0.3, 0.4) is 0 Å². The van der Waals surface area contributed by atoms with Gasteiger partial charge in [-0.2, -0.15) is 0 Å². The van der Waals surface area contributed by atoms with E-state index in [-0.39, 0.29) is 11.1 Å². The number of carbonyl (C=O) groups excluding carboxylic acids is 2. The predicted octanol–water partition coefficient (Wildman–Crippen LogP) is 1.81. The van der Waals surface area contributed by atoms with Gasteiger partial charge in [0.2, 0.25) is 0 Å². The molecule has 0 radical (unpaired) electrons. The molecule has 1 aliphatic heterocycles. The second-order valence-electron chi connectivity index (χ2n) is 3.71. The molecule has 0 unspecified atom stereocenters. The maximum Gasteiger partial charge on any atom is 0.290 e. The van der Waals surface area contributed by atoms with Crippen molar-refractivity contribution in [3.63, 3.8) is 0 Å². The molecular formula is C10H13NO3S. The summed E-state index contributed by atoms with van der Waals surface area (Å²) in [5.74, 6) is -0.226. The maximum atomic E-state index is 11.4. The minimum absolute atomic E-state index is 0.226. The van der Waals surface area contributed by atoms with Crippen molar-refractivity contribution in [3.05, 3.63) is 10.5 Å². The topological polar surface area (TPSA) is 55.4 Å². The van der Waals surface area contributed by atoms with Crippen LogP contribution in [-0.2, 0) is 9.53 Å². The lowest BCUT2D eigenvalue weighted by molar-refractivity contribution is -0.115. The average molecular weight is 227 g/mol. The van der Waals surface area contributed by atoms with Gasteiger partial charge in [-0.15, -0.1) is 0 Å². The van der Waals surface area contributed by atoms with Gasteiger partial charge in [-0.1, -0.05) is 5.57 Å². The molecule has 0 atom stereocenters. The molecule has 1 N–H and O–H groups in total. The van der Waals surface area contributed by atoms with E-state index in [2.05, 4.69) is 5.32 Å². The van der Waals surface area contributed by atoms with E-state index in [0.717, 1.165) is 43.0 Å². The van der Waals surface area contributed by atoms with Crippen molar-refractivity contribution < 1.29 is 14.3 Å². The van der Waals surface area contributed by atoms with Crippen molar-refractivity contribution in [2.45, 2.75) is 31.8 Å². The molecule has 15 heavy (non-hydrogen) atoms. The van der Waals surface area contributed by atoms with Gasteiger partial charge in [-0.05, 0) is 37.4 Å². The Hall–Kier alpha value is -0.810. The standard InChI is InChI=1S/C10H13NO3S/c1-14-7-4-2-6(3-5-7)8-9(12)11-10(13)15-8/h7H,2-5H2,1H3,(H,11,12,13). The number of nitrogens with one attached hydrogen (secondary N) is 1. The molecule has 2 amide bonds. The van der Waals surface area contributed by atoms with E-state index >= 15 is 0 Å². The Bertz CT molecular complexity index is 328. The first-order valence-electron chi connectivity index (χ1n) is 4.98. The van der Waals surface area contributed by atoms with Crippen LogP contribution in [0.1, 0.15) is 25.7 Å². The molecule has 0 aromatic heterocycles. The van der Waals surface area contributed by atoms with E-state index in [1.807, 2.05) is 0 Å². The third kappa shape index (κ3) is 2.23. The van der Waals surface area contributed by atoms with Gasteiger partial charge in [-0.3, -0.25) is 14.9 Å². The van der Waals surface area contributed by atoms with Crippen LogP contribution >= 0.6 is 11.8 Å². The predicted molar refractivity (Wildman–Crippen MR) is 57.4 cm³/mol. The van der Waals surface area contributed by atoms with Crippen molar-refractivity contribution >= 4 is 22.9 Å². The van der Waals surface area contributed by atoms with Gasteiger partial charge in [0.1, 0.15) is 0 Å². The van der Waals surface area contributed by atoms with Gasteiger partial charge in [0, 0.05) is 7.11 Å². The van der Waals surface area contributed by atoms with E-state index in [1.165, 1.54) is 0 Å². The van der Waals surface area contributed by atoms with Gasteiger partial charge in [0.05, 0.1) is 11.0 Å². The number of hydrogen-bond donors (Lipinski definition) is 1. The fourth-order valence-corrected chi connectivity index (χ4v) is 2.77. The van der Waals surface area contributed by atoms with Crippen LogP contribution in [0.15, 0.2) is 10.5 Å². The second-order valence-corrected chi connectivity index (χ2v) is 4.69. The Labute approximate surface area is 92.4 Å². The van der Waals surface area contributed by atoms with Crippen LogP contribution < -0.4 is 5.32 Å². The van der Waals surface area contributed by atoms with Crippen LogP contribution in [0.4, 0.5) is 4.79 Å². The Morgan fingerprint density at radius 1 is 1.33 bits per heavy atom. The fourth-order valence-electron chi connectivity index (χ4n) is 1.95. The van der Waals surface area contributed by atoms with Crippen LogP contribution in [0.2, 0.25) is 0 Å². The van der Waals surface area contributed by atoms with Gasteiger partial charge in [-0.25, -0.2) is 0 Å². The fraction of sp³-hybridized carbons (Fsp3) is 0.600. The zero-order valence-corrected chi connectivity index (χ0v) is 9.36. The number of imide groups is 1. The molecular weight excluding hydrogens is 214 g/mol. The SMILES string of the molecule is COC1CCC(=C2SC(=O)NC2=O)CC1. The molecule has 2 rings (SSSR count). The number of thioether (sulfide) groups is 1. The van der Waals surface area contributed by atoms with Gasteiger partial charge >= 0.3 is 0 Å². The Morgan fingerprint density at radius 3 is 2.47 bits per heavy atom. The van der Waals surface area contributed by atoms with Crippen LogP contribution in [0, 0.1) is 0 Å². The first-order valence-corrected chi connectivity index (χ1v) is 5.80. The quantitative estimate of drug-likeness (QED) is 0.694.